The molecule has 112 valence electrons. The molecule has 1 aromatic carbocycles. The van der Waals surface area contributed by atoms with Gasteiger partial charge in [-0.25, -0.2) is 9.36 Å². The van der Waals surface area contributed by atoms with Crippen LogP contribution in [-0.2, 0) is 13.2 Å². The Morgan fingerprint density at radius 1 is 1.00 bits per heavy atom. The van der Waals surface area contributed by atoms with Crippen molar-refractivity contribution >= 4 is 0 Å². The minimum Gasteiger partial charge on any atom is -0.292 e. The summed E-state index contributed by atoms with van der Waals surface area (Å²) in [6.07, 6.45) is -4.75. The third-order valence-electron chi connectivity index (χ3n) is 3.36. The molecule has 0 radical (unpaired) electrons. The van der Waals surface area contributed by atoms with Crippen LogP contribution < -0.4 is 11.2 Å². The third-order valence-corrected chi connectivity index (χ3v) is 3.36. The van der Waals surface area contributed by atoms with Gasteiger partial charge in [-0.3, -0.25) is 9.36 Å². The van der Waals surface area contributed by atoms with Gasteiger partial charge in [-0.15, -0.1) is 0 Å². The average molecular weight is 298 g/mol. The zero-order chi connectivity index (χ0) is 15.9. The molecule has 2 aromatic rings. The van der Waals surface area contributed by atoms with Crippen molar-refractivity contribution in [2.75, 3.05) is 0 Å². The van der Waals surface area contributed by atoms with Gasteiger partial charge in [0.15, 0.2) is 0 Å². The third kappa shape index (κ3) is 2.63. The van der Waals surface area contributed by atoms with Gasteiger partial charge in [0.2, 0.25) is 0 Å². The first-order valence-electron chi connectivity index (χ1n) is 6.11. The zero-order valence-electron chi connectivity index (χ0n) is 11.7. The van der Waals surface area contributed by atoms with Crippen LogP contribution in [0.1, 0.15) is 16.8 Å². The van der Waals surface area contributed by atoms with Crippen molar-refractivity contribution in [3.8, 4) is 5.69 Å². The lowest BCUT2D eigenvalue weighted by Gasteiger charge is -2.14. The SMILES string of the molecule is Cc1ccc(-n2c(=O)cc(C(F)(F)F)n(C)c2=O)cc1C. The van der Waals surface area contributed by atoms with E-state index in [9.17, 15) is 22.8 Å². The van der Waals surface area contributed by atoms with Gasteiger partial charge >= 0.3 is 11.9 Å². The molecule has 21 heavy (non-hydrogen) atoms. The maximum absolute atomic E-state index is 12.8. The van der Waals surface area contributed by atoms with Gasteiger partial charge in [0.25, 0.3) is 5.56 Å². The van der Waals surface area contributed by atoms with Crippen LogP contribution in [0.15, 0.2) is 33.9 Å². The largest absolute Gasteiger partial charge is 0.431 e. The van der Waals surface area contributed by atoms with E-state index in [4.69, 9.17) is 0 Å². The molecular weight excluding hydrogens is 285 g/mol. The van der Waals surface area contributed by atoms with Gasteiger partial charge in [-0.05, 0) is 37.1 Å². The normalized spacial score (nSPS) is 11.7. The second kappa shape index (κ2) is 4.91. The van der Waals surface area contributed by atoms with E-state index in [1.807, 2.05) is 6.92 Å². The molecular formula is C14H13F3N2O2. The fourth-order valence-corrected chi connectivity index (χ4v) is 2.00. The maximum atomic E-state index is 12.8. The number of hydrogen-bond donors (Lipinski definition) is 0. The van der Waals surface area contributed by atoms with Crippen molar-refractivity contribution in [2.45, 2.75) is 20.0 Å². The first-order chi connectivity index (χ1) is 9.62. The Balaban J connectivity index is 2.78. The molecule has 0 aliphatic carbocycles. The smallest absolute Gasteiger partial charge is 0.292 e. The summed E-state index contributed by atoms with van der Waals surface area (Å²) in [5.41, 5.74) is -1.27. The highest BCUT2D eigenvalue weighted by Gasteiger charge is 2.35. The molecule has 1 aromatic heterocycles. The summed E-state index contributed by atoms with van der Waals surface area (Å²) in [4.78, 5) is 24.0. The zero-order valence-corrected chi connectivity index (χ0v) is 11.7. The summed E-state index contributed by atoms with van der Waals surface area (Å²) in [6, 6.07) is 5.24. The summed E-state index contributed by atoms with van der Waals surface area (Å²) in [5.74, 6) is 0. The second-order valence-corrected chi connectivity index (χ2v) is 4.81. The Morgan fingerprint density at radius 3 is 2.14 bits per heavy atom. The summed E-state index contributed by atoms with van der Waals surface area (Å²) < 4.78 is 39.4. The van der Waals surface area contributed by atoms with Crippen molar-refractivity contribution in [2.24, 2.45) is 7.05 Å². The molecule has 0 aliphatic rings. The molecule has 0 fully saturated rings. The summed E-state index contributed by atoms with van der Waals surface area (Å²) in [6.45, 7) is 3.64. The molecule has 4 nitrogen and oxygen atoms in total. The number of nitrogens with zero attached hydrogens (tertiary/aromatic N) is 2. The van der Waals surface area contributed by atoms with Crippen LogP contribution in [0.2, 0.25) is 0 Å². The molecule has 0 N–H and O–H groups in total. The van der Waals surface area contributed by atoms with E-state index in [-0.39, 0.29) is 5.69 Å². The number of alkyl halides is 3. The van der Waals surface area contributed by atoms with Crippen LogP contribution in [0, 0.1) is 13.8 Å². The van der Waals surface area contributed by atoms with Crippen molar-refractivity contribution in [3.05, 3.63) is 61.9 Å². The van der Waals surface area contributed by atoms with Crippen LogP contribution in [-0.4, -0.2) is 9.13 Å². The van der Waals surface area contributed by atoms with Gasteiger partial charge in [0.1, 0.15) is 5.69 Å². The Morgan fingerprint density at radius 2 is 1.62 bits per heavy atom. The van der Waals surface area contributed by atoms with Gasteiger partial charge in [-0.1, -0.05) is 6.07 Å². The van der Waals surface area contributed by atoms with Crippen molar-refractivity contribution in [3.63, 3.8) is 0 Å². The van der Waals surface area contributed by atoms with Crippen LogP contribution in [0.4, 0.5) is 13.2 Å². The molecule has 0 aliphatic heterocycles. The highest BCUT2D eigenvalue weighted by molar-refractivity contribution is 5.39. The van der Waals surface area contributed by atoms with Crippen LogP contribution in [0.25, 0.3) is 5.69 Å². The van der Waals surface area contributed by atoms with E-state index in [1.54, 1.807) is 19.1 Å². The summed E-state index contributed by atoms with van der Waals surface area (Å²) in [5, 5.41) is 0. The second-order valence-electron chi connectivity index (χ2n) is 4.81. The van der Waals surface area contributed by atoms with Crippen LogP contribution in [0.5, 0.6) is 0 Å². The minimum atomic E-state index is -4.75. The van der Waals surface area contributed by atoms with Gasteiger partial charge in [0.05, 0.1) is 5.69 Å². The van der Waals surface area contributed by atoms with E-state index in [0.29, 0.717) is 10.6 Å². The maximum Gasteiger partial charge on any atom is 0.431 e. The van der Waals surface area contributed by atoms with Gasteiger partial charge in [0, 0.05) is 13.1 Å². The number of aromatic nitrogens is 2. The van der Waals surface area contributed by atoms with Crippen molar-refractivity contribution < 1.29 is 13.2 Å². The monoisotopic (exact) mass is 298 g/mol. The molecule has 0 bridgehead atoms. The predicted octanol–water partition coefficient (Wildman–Crippen LogP) is 2.17. The molecule has 0 saturated heterocycles. The molecule has 0 spiro atoms. The Labute approximate surface area is 118 Å². The number of hydrogen-bond acceptors (Lipinski definition) is 2. The first kappa shape index (κ1) is 15.1. The molecule has 0 saturated carbocycles. The molecule has 0 amide bonds. The fraction of sp³-hybridized carbons (Fsp3) is 0.286. The van der Waals surface area contributed by atoms with E-state index in [1.165, 1.54) is 6.07 Å². The lowest BCUT2D eigenvalue weighted by molar-refractivity contribution is -0.144. The molecule has 0 atom stereocenters. The molecule has 7 heteroatoms. The van der Waals surface area contributed by atoms with Gasteiger partial charge < -0.3 is 0 Å². The number of aryl methyl sites for hydroxylation is 2. The molecule has 2 rings (SSSR count). The Hall–Kier alpha value is -2.31. The van der Waals surface area contributed by atoms with Crippen molar-refractivity contribution in [1.82, 2.24) is 9.13 Å². The molecule has 0 unspecified atom stereocenters. The lowest BCUT2D eigenvalue weighted by Crippen LogP contribution is -2.40. The minimum absolute atomic E-state index is 0.248. The number of rotatable bonds is 1. The van der Waals surface area contributed by atoms with Gasteiger partial charge in [-0.2, -0.15) is 13.2 Å². The van der Waals surface area contributed by atoms with E-state index >= 15 is 0 Å². The quantitative estimate of drug-likeness (QED) is 0.810. The van der Waals surface area contributed by atoms with Crippen LogP contribution in [0.3, 0.4) is 0 Å². The van der Waals surface area contributed by atoms with E-state index < -0.39 is 23.1 Å². The fourth-order valence-electron chi connectivity index (χ4n) is 2.00. The number of halogens is 3. The average Bonchev–Trinajstić information content (AvgIpc) is 2.37. The topological polar surface area (TPSA) is 44.0 Å². The number of benzene rings is 1. The predicted molar refractivity (Wildman–Crippen MR) is 71.8 cm³/mol. The van der Waals surface area contributed by atoms with E-state index in [2.05, 4.69) is 0 Å². The van der Waals surface area contributed by atoms with E-state index in [0.717, 1.165) is 22.7 Å². The summed E-state index contributed by atoms with van der Waals surface area (Å²) in [7, 11) is 0.988. The van der Waals surface area contributed by atoms with Crippen LogP contribution >= 0.6 is 0 Å². The summed E-state index contributed by atoms with van der Waals surface area (Å²) >= 11 is 0. The lowest BCUT2D eigenvalue weighted by atomic mass is 10.1. The first-order valence-corrected chi connectivity index (χ1v) is 6.11. The highest BCUT2D eigenvalue weighted by atomic mass is 19.4. The van der Waals surface area contributed by atoms with Crippen molar-refractivity contribution in [1.29, 1.82) is 0 Å². The standard InChI is InChI=1S/C14H13F3N2O2/c1-8-4-5-10(6-9(8)2)19-12(20)7-11(14(15,16)17)18(3)13(19)21/h4-7H,1-3H3. The molecule has 1 heterocycles. The highest BCUT2D eigenvalue weighted by Crippen LogP contribution is 2.27. The Bertz CT molecular complexity index is 816. The Kier molecular flexibility index (Phi) is 3.52.